The number of halogens is 3. The summed E-state index contributed by atoms with van der Waals surface area (Å²) in [5.74, 6) is 0.712. The quantitative estimate of drug-likeness (QED) is 0.886. The van der Waals surface area contributed by atoms with E-state index in [1.54, 1.807) is 0 Å². The van der Waals surface area contributed by atoms with Gasteiger partial charge < -0.3 is 9.84 Å². The van der Waals surface area contributed by atoms with Gasteiger partial charge in [0.25, 0.3) is 0 Å². The van der Waals surface area contributed by atoms with Crippen molar-refractivity contribution in [1.82, 2.24) is 9.78 Å². The Bertz CT molecular complexity index is 666. The molecule has 23 heavy (non-hydrogen) atoms. The minimum Gasteiger partial charge on any atom is -0.491 e. The van der Waals surface area contributed by atoms with Gasteiger partial charge in [0.2, 0.25) is 0 Å². The van der Waals surface area contributed by atoms with Crippen molar-refractivity contribution in [2.75, 3.05) is 13.2 Å². The number of ether oxygens (including phenoxy) is 1. The van der Waals surface area contributed by atoms with Crippen LogP contribution in [0.3, 0.4) is 0 Å². The van der Waals surface area contributed by atoms with Crippen LogP contribution in [0.15, 0.2) is 24.4 Å². The summed E-state index contributed by atoms with van der Waals surface area (Å²) < 4.78 is 45.5. The summed E-state index contributed by atoms with van der Waals surface area (Å²) in [5.41, 5.74) is 1.06. The van der Waals surface area contributed by atoms with Crippen LogP contribution in [0.4, 0.5) is 13.2 Å². The highest BCUT2D eigenvalue weighted by molar-refractivity contribution is 5.35. The van der Waals surface area contributed by atoms with Crippen molar-refractivity contribution in [2.24, 2.45) is 0 Å². The Morgan fingerprint density at radius 2 is 2.00 bits per heavy atom. The summed E-state index contributed by atoms with van der Waals surface area (Å²) in [5, 5.41) is 12.4. The topological polar surface area (TPSA) is 47.3 Å². The van der Waals surface area contributed by atoms with Crippen LogP contribution in [0.5, 0.6) is 5.75 Å². The Labute approximate surface area is 132 Å². The Balaban J connectivity index is 2.04. The van der Waals surface area contributed by atoms with Crippen molar-refractivity contribution in [3.8, 4) is 5.75 Å². The number of aliphatic hydroxyl groups excluding tert-OH is 1. The molecule has 2 rings (SSSR count). The van der Waals surface area contributed by atoms with Gasteiger partial charge in [-0.1, -0.05) is 12.1 Å². The fourth-order valence-electron chi connectivity index (χ4n) is 2.23. The highest BCUT2D eigenvalue weighted by Gasteiger charge is 2.36. The Hall–Kier alpha value is -2.02. The van der Waals surface area contributed by atoms with E-state index in [0.29, 0.717) is 5.75 Å². The molecule has 0 bridgehead atoms. The molecule has 0 spiro atoms. The molecule has 0 aliphatic heterocycles. The van der Waals surface area contributed by atoms with Gasteiger partial charge in [-0.05, 0) is 37.5 Å². The summed E-state index contributed by atoms with van der Waals surface area (Å²) in [6, 6.07) is 5.78. The lowest BCUT2D eigenvalue weighted by molar-refractivity contribution is -0.142. The van der Waals surface area contributed by atoms with Crippen LogP contribution in [-0.4, -0.2) is 28.1 Å². The zero-order valence-corrected chi connectivity index (χ0v) is 13.0. The van der Waals surface area contributed by atoms with Crippen LogP contribution in [-0.2, 0) is 19.1 Å². The number of hydrogen-bond acceptors (Lipinski definition) is 3. The third-order valence-electron chi connectivity index (χ3n) is 3.41. The molecule has 0 fully saturated rings. The minimum atomic E-state index is -4.52. The van der Waals surface area contributed by atoms with Gasteiger partial charge in [-0.25, -0.2) is 0 Å². The summed E-state index contributed by atoms with van der Waals surface area (Å²) in [7, 11) is 0. The molecule has 1 heterocycles. The molecule has 0 radical (unpaired) electrons. The highest BCUT2D eigenvalue weighted by atomic mass is 19.4. The summed E-state index contributed by atoms with van der Waals surface area (Å²) in [6.07, 6.45) is -3.29. The van der Waals surface area contributed by atoms with Gasteiger partial charge in [0.1, 0.15) is 12.4 Å². The van der Waals surface area contributed by atoms with Gasteiger partial charge in [0.15, 0.2) is 5.69 Å². The van der Waals surface area contributed by atoms with Gasteiger partial charge in [0, 0.05) is 18.4 Å². The lowest BCUT2D eigenvalue weighted by atomic mass is 10.1. The molecule has 0 saturated heterocycles. The molecule has 0 aliphatic carbocycles. The van der Waals surface area contributed by atoms with Gasteiger partial charge in [-0.3, -0.25) is 4.68 Å². The third kappa shape index (κ3) is 4.48. The summed E-state index contributed by atoms with van der Waals surface area (Å²) >= 11 is 0. The fraction of sp³-hybridized carbons (Fsp3) is 0.438. The van der Waals surface area contributed by atoms with Crippen LogP contribution in [0.25, 0.3) is 0 Å². The lowest BCUT2D eigenvalue weighted by Gasteiger charge is -2.10. The van der Waals surface area contributed by atoms with E-state index in [4.69, 9.17) is 9.84 Å². The predicted octanol–water partition coefficient (Wildman–Crippen LogP) is 3.13. The normalized spacial score (nSPS) is 11.7. The predicted molar refractivity (Wildman–Crippen MR) is 79.4 cm³/mol. The van der Waals surface area contributed by atoms with E-state index in [-0.39, 0.29) is 31.7 Å². The molecule has 0 amide bonds. The second-order valence-corrected chi connectivity index (χ2v) is 5.35. The van der Waals surface area contributed by atoms with Crippen molar-refractivity contribution in [3.05, 3.63) is 46.8 Å². The van der Waals surface area contributed by atoms with E-state index in [0.717, 1.165) is 11.1 Å². The Morgan fingerprint density at radius 1 is 1.26 bits per heavy atom. The molecule has 0 aliphatic rings. The molecular formula is C16H19F3N2O2. The number of hydrogen-bond donors (Lipinski definition) is 1. The zero-order valence-electron chi connectivity index (χ0n) is 13.0. The largest absolute Gasteiger partial charge is 0.491 e. The van der Waals surface area contributed by atoms with E-state index >= 15 is 0 Å². The Kier molecular flexibility index (Phi) is 5.30. The maximum absolute atomic E-state index is 12.9. The second-order valence-electron chi connectivity index (χ2n) is 5.35. The number of aryl methyl sites for hydroxylation is 2. The van der Waals surface area contributed by atoms with Crippen molar-refractivity contribution < 1.29 is 23.0 Å². The molecule has 1 aromatic carbocycles. The fourth-order valence-corrected chi connectivity index (χ4v) is 2.23. The molecule has 2 aromatic rings. The van der Waals surface area contributed by atoms with E-state index in [2.05, 4.69) is 5.10 Å². The number of aromatic nitrogens is 2. The molecular weight excluding hydrogens is 309 g/mol. The van der Waals surface area contributed by atoms with Crippen LogP contribution >= 0.6 is 0 Å². The SMILES string of the molecule is Cc1ccc(C)c(OCCn2cc(CCO)c(C(F)(F)F)n2)c1. The van der Waals surface area contributed by atoms with Crippen LogP contribution in [0.2, 0.25) is 0 Å². The van der Waals surface area contributed by atoms with Crippen molar-refractivity contribution in [3.63, 3.8) is 0 Å². The number of alkyl halides is 3. The van der Waals surface area contributed by atoms with Gasteiger partial charge in [-0.2, -0.15) is 18.3 Å². The van der Waals surface area contributed by atoms with E-state index < -0.39 is 11.9 Å². The Morgan fingerprint density at radius 3 is 2.65 bits per heavy atom. The van der Waals surface area contributed by atoms with Crippen LogP contribution < -0.4 is 4.74 Å². The molecule has 0 saturated carbocycles. The summed E-state index contributed by atoms with van der Waals surface area (Å²) in [6.45, 7) is 3.90. The van der Waals surface area contributed by atoms with Gasteiger partial charge in [-0.15, -0.1) is 0 Å². The standard InChI is InChI=1S/C16H19F3N2O2/c1-11-3-4-12(2)14(9-11)23-8-6-21-10-13(5-7-22)15(20-21)16(17,18)19/h3-4,9-10,22H,5-8H2,1-2H3. The molecule has 126 valence electrons. The van der Waals surface area contributed by atoms with Crippen molar-refractivity contribution >= 4 is 0 Å². The minimum absolute atomic E-state index is 0.00765. The average molecular weight is 328 g/mol. The first-order valence-corrected chi connectivity index (χ1v) is 7.25. The molecule has 7 heteroatoms. The first kappa shape index (κ1) is 17.3. The summed E-state index contributed by atoms with van der Waals surface area (Å²) in [4.78, 5) is 0. The smallest absolute Gasteiger partial charge is 0.435 e. The number of nitrogens with zero attached hydrogens (tertiary/aromatic N) is 2. The van der Waals surface area contributed by atoms with Gasteiger partial charge >= 0.3 is 6.18 Å². The maximum atomic E-state index is 12.9. The first-order chi connectivity index (χ1) is 10.8. The monoisotopic (exact) mass is 328 g/mol. The molecule has 1 N–H and O–H groups in total. The van der Waals surface area contributed by atoms with E-state index in [1.165, 1.54) is 10.9 Å². The zero-order chi connectivity index (χ0) is 17.0. The molecule has 1 aromatic heterocycles. The first-order valence-electron chi connectivity index (χ1n) is 7.25. The van der Waals surface area contributed by atoms with Crippen LogP contribution in [0, 0.1) is 13.8 Å². The number of aliphatic hydroxyl groups is 1. The molecule has 0 atom stereocenters. The third-order valence-corrected chi connectivity index (χ3v) is 3.41. The van der Waals surface area contributed by atoms with Crippen molar-refractivity contribution in [1.29, 1.82) is 0 Å². The average Bonchev–Trinajstić information content (AvgIpc) is 2.86. The number of rotatable bonds is 6. The van der Waals surface area contributed by atoms with Crippen LogP contribution in [0.1, 0.15) is 22.4 Å². The van der Waals surface area contributed by atoms with E-state index in [9.17, 15) is 13.2 Å². The van der Waals surface area contributed by atoms with Gasteiger partial charge in [0.05, 0.1) is 6.54 Å². The van der Waals surface area contributed by atoms with Crippen molar-refractivity contribution in [2.45, 2.75) is 33.0 Å². The lowest BCUT2D eigenvalue weighted by Crippen LogP contribution is -2.12. The van der Waals surface area contributed by atoms with E-state index in [1.807, 2.05) is 32.0 Å². The molecule has 4 nitrogen and oxygen atoms in total. The maximum Gasteiger partial charge on any atom is 0.435 e. The number of benzene rings is 1. The molecule has 0 unspecified atom stereocenters. The second kappa shape index (κ2) is 7.04. The highest BCUT2D eigenvalue weighted by Crippen LogP contribution is 2.30.